The zero-order chi connectivity index (χ0) is 24.8. The number of hydrogen-bond acceptors (Lipinski definition) is 6. The maximum Gasteiger partial charge on any atom is 0.277 e. The molecule has 0 bridgehead atoms. The van der Waals surface area contributed by atoms with E-state index in [9.17, 15) is 0 Å². The molecule has 3 heterocycles. The van der Waals surface area contributed by atoms with Crippen molar-refractivity contribution in [3.05, 3.63) is 108 Å². The first-order valence-electron chi connectivity index (χ1n) is 11.6. The van der Waals surface area contributed by atoms with E-state index in [4.69, 9.17) is 63.2 Å². The summed E-state index contributed by atoms with van der Waals surface area (Å²) in [6.45, 7) is 0.251. The van der Waals surface area contributed by atoms with Crippen molar-refractivity contribution in [1.82, 2.24) is 0 Å². The van der Waals surface area contributed by atoms with Crippen LogP contribution in [0.2, 0.25) is 0 Å². The summed E-state index contributed by atoms with van der Waals surface area (Å²) in [5.41, 5.74) is 1.94. The van der Waals surface area contributed by atoms with Gasteiger partial charge in [-0.05, 0) is 0 Å². The third kappa shape index (κ3) is 4.45. The first-order chi connectivity index (χ1) is 17.4. The van der Waals surface area contributed by atoms with Crippen molar-refractivity contribution >= 4 is 34.8 Å². The second-order valence-electron chi connectivity index (χ2n) is 8.81. The lowest BCUT2D eigenvalue weighted by Gasteiger charge is -2.51. The zero-order valence-corrected chi connectivity index (χ0v) is 21.2. The maximum absolute atomic E-state index is 6.95. The molecule has 3 aliphatic rings. The third-order valence-corrected chi connectivity index (χ3v) is 7.69. The summed E-state index contributed by atoms with van der Waals surface area (Å²) in [6, 6.07) is 27.8. The molecule has 3 saturated heterocycles. The fourth-order valence-corrected chi connectivity index (χ4v) is 5.60. The predicted octanol–water partition coefficient (Wildman–Crippen LogP) is 5.75. The van der Waals surface area contributed by atoms with Gasteiger partial charge in [-0.2, -0.15) is 0 Å². The third-order valence-electron chi connectivity index (χ3n) is 6.46. The van der Waals surface area contributed by atoms with Crippen LogP contribution in [-0.2, 0) is 44.2 Å². The average molecular weight is 550 g/mol. The molecule has 0 saturated carbocycles. The molecule has 188 valence electrons. The Morgan fingerprint density at radius 2 is 0.806 bits per heavy atom. The van der Waals surface area contributed by atoms with Crippen LogP contribution < -0.4 is 0 Å². The Hall–Kier alpha value is -1.71. The summed E-state index contributed by atoms with van der Waals surface area (Å²) >= 11 is 20.6. The highest BCUT2D eigenvalue weighted by Crippen LogP contribution is 2.49. The molecular formula is C27H23Cl3O6. The van der Waals surface area contributed by atoms with Gasteiger partial charge in [0.25, 0.3) is 15.7 Å². The number of ether oxygens (including phenoxy) is 6. The summed E-state index contributed by atoms with van der Waals surface area (Å²) in [5, 5.41) is -4.62. The number of halogens is 3. The van der Waals surface area contributed by atoms with E-state index >= 15 is 0 Å². The standard InChI is InChI=1S/C27H23Cl3O6/c28-25(18-10-4-1-5-11-18)31-16-21(33-25)24-23-22(34-27(30,36-24)20-14-8-3-9-15-20)17-32-26(29,35-23)19-12-6-2-7-13-19/h1-15,21-24H,16-17H2/t21-,22+,23-,24-,25?,26?,27?/m0/s1. The van der Waals surface area contributed by atoms with Crippen LogP contribution in [0.4, 0.5) is 0 Å². The van der Waals surface area contributed by atoms with Crippen molar-refractivity contribution in [2.24, 2.45) is 0 Å². The number of fused-ring (bicyclic) bond motifs is 1. The lowest BCUT2D eigenvalue weighted by molar-refractivity contribution is -0.399. The highest BCUT2D eigenvalue weighted by molar-refractivity contribution is 6.22. The molecule has 9 heteroatoms. The van der Waals surface area contributed by atoms with Crippen LogP contribution in [0.25, 0.3) is 0 Å². The van der Waals surface area contributed by atoms with Crippen LogP contribution in [0.3, 0.4) is 0 Å². The monoisotopic (exact) mass is 548 g/mol. The van der Waals surface area contributed by atoms with Crippen LogP contribution in [0, 0.1) is 0 Å². The quantitative estimate of drug-likeness (QED) is 0.387. The van der Waals surface area contributed by atoms with Crippen molar-refractivity contribution in [3.63, 3.8) is 0 Å². The second kappa shape index (κ2) is 9.55. The normalized spacial score (nSPS) is 38.4. The van der Waals surface area contributed by atoms with Crippen molar-refractivity contribution in [1.29, 1.82) is 0 Å². The molecule has 36 heavy (non-hydrogen) atoms. The highest BCUT2D eigenvalue weighted by Gasteiger charge is 2.59. The number of rotatable bonds is 4. The Bertz CT molecular complexity index is 1190. The van der Waals surface area contributed by atoms with Crippen molar-refractivity contribution in [3.8, 4) is 0 Å². The molecule has 0 amide bonds. The van der Waals surface area contributed by atoms with E-state index in [2.05, 4.69) is 0 Å². The predicted molar refractivity (Wildman–Crippen MR) is 133 cm³/mol. The molecule has 6 nitrogen and oxygen atoms in total. The molecule has 0 spiro atoms. The molecule has 3 aromatic rings. The second-order valence-corrected chi connectivity index (χ2v) is 10.3. The molecular weight excluding hydrogens is 527 g/mol. The highest BCUT2D eigenvalue weighted by atomic mass is 35.5. The molecule has 3 aromatic carbocycles. The lowest BCUT2D eigenvalue weighted by atomic mass is 9.99. The van der Waals surface area contributed by atoms with Gasteiger partial charge >= 0.3 is 0 Å². The fraction of sp³-hybridized carbons (Fsp3) is 0.333. The van der Waals surface area contributed by atoms with Gasteiger partial charge in [-0.3, -0.25) is 0 Å². The van der Waals surface area contributed by atoms with Gasteiger partial charge in [0.2, 0.25) is 0 Å². The van der Waals surface area contributed by atoms with Gasteiger partial charge in [0.05, 0.1) is 13.2 Å². The molecule has 0 radical (unpaired) electrons. The van der Waals surface area contributed by atoms with Crippen molar-refractivity contribution in [2.75, 3.05) is 13.2 Å². The first kappa shape index (κ1) is 24.6. The Morgan fingerprint density at radius 1 is 0.472 bits per heavy atom. The number of hydrogen-bond donors (Lipinski definition) is 0. The lowest BCUT2D eigenvalue weighted by Crippen LogP contribution is -2.64. The largest absolute Gasteiger partial charge is 0.331 e. The minimum atomic E-state index is -1.60. The van der Waals surface area contributed by atoms with Gasteiger partial charge in [-0.15, -0.1) is 0 Å². The van der Waals surface area contributed by atoms with Crippen molar-refractivity contribution in [2.45, 2.75) is 40.2 Å². The fourth-order valence-electron chi connectivity index (χ4n) is 4.67. The van der Waals surface area contributed by atoms with Crippen LogP contribution in [-0.4, -0.2) is 37.6 Å². The smallest absolute Gasteiger partial charge is 0.277 e. The van der Waals surface area contributed by atoms with Crippen LogP contribution >= 0.6 is 34.8 Å². The summed E-state index contributed by atoms with van der Waals surface area (Å²) in [6.07, 6.45) is -2.70. The molecule has 3 unspecified atom stereocenters. The molecule has 6 rings (SSSR count). The van der Waals surface area contributed by atoms with Gasteiger partial charge in [-0.25, -0.2) is 0 Å². The van der Waals surface area contributed by atoms with Crippen LogP contribution in [0.1, 0.15) is 16.7 Å². The van der Waals surface area contributed by atoms with E-state index < -0.39 is 40.2 Å². The minimum Gasteiger partial charge on any atom is -0.331 e. The number of benzene rings is 3. The number of alkyl halides is 3. The Kier molecular flexibility index (Phi) is 6.53. The minimum absolute atomic E-state index is 0.114. The topological polar surface area (TPSA) is 55.4 Å². The van der Waals surface area contributed by atoms with Gasteiger partial charge in [0.15, 0.2) is 0 Å². The molecule has 0 aromatic heterocycles. The van der Waals surface area contributed by atoms with Gasteiger partial charge in [0.1, 0.15) is 24.4 Å². The van der Waals surface area contributed by atoms with Crippen LogP contribution in [0.5, 0.6) is 0 Å². The van der Waals surface area contributed by atoms with Crippen molar-refractivity contribution < 1.29 is 28.4 Å². The van der Waals surface area contributed by atoms with Gasteiger partial charge in [0, 0.05) is 16.7 Å². The Labute approximate surface area is 223 Å². The molecule has 3 fully saturated rings. The van der Waals surface area contributed by atoms with Gasteiger partial charge < -0.3 is 28.4 Å². The van der Waals surface area contributed by atoms with E-state index in [-0.39, 0.29) is 13.2 Å². The van der Waals surface area contributed by atoms with Crippen LogP contribution in [0.15, 0.2) is 91.0 Å². The molecule has 7 atom stereocenters. The van der Waals surface area contributed by atoms with Gasteiger partial charge in [-0.1, -0.05) is 126 Å². The SMILES string of the molecule is ClC1(c2ccccc2)OC[C@H]2OC(Cl)(c3ccccc3)O[C@@H]([C@@H]3COC(Cl)(c4ccccc4)O3)[C@H]2O1. The summed E-state index contributed by atoms with van der Waals surface area (Å²) in [4.78, 5) is 0. The molecule has 0 aliphatic carbocycles. The summed E-state index contributed by atoms with van der Waals surface area (Å²) < 4.78 is 37.2. The Morgan fingerprint density at radius 3 is 1.25 bits per heavy atom. The van der Waals surface area contributed by atoms with E-state index in [1.54, 1.807) is 0 Å². The summed E-state index contributed by atoms with van der Waals surface area (Å²) in [7, 11) is 0. The van der Waals surface area contributed by atoms with E-state index in [1.165, 1.54) is 0 Å². The average Bonchev–Trinajstić information content (AvgIpc) is 3.33. The first-order valence-corrected chi connectivity index (χ1v) is 12.7. The zero-order valence-electron chi connectivity index (χ0n) is 19.0. The maximum atomic E-state index is 6.95. The molecule has 3 aliphatic heterocycles. The molecule has 0 N–H and O–H groups in total. The van der Waals surface area contributed by atoms with E-state index in [1.807, 2.05) is 91.0 Å². The van der Waals surface area contributed by atoms with E-state index in [0.29, 0.717) is 16.7 Å². The van der Waals surface area contributed by atoms with E-state index in [0.717, 1.165) is 0 Å². The Balaban J connectivity index is 1.34. The summed E-state index contributed by atoms with van der Waals surface area (Å²) in [5.74, 6) is 0.